The molecule has 0 radical (unpaired) electrons. The lowest BCUT2D eigenvalue weighted by Gasteiger charge is -2.18. The van der Waals surface area contributed by atoms with Gasteiger partial charge in [-0.05, 0) is 29.8 Å². The van der Waals surface area contributed by atoms with Gasteiger partial charge in [-0.25, -0.2) is 9.59 Å². The van der Waals surface area contributed by atoms with Crippen LogP contribution in [0.3, 0.4) is 0 Å². The average molecular weight is 360 g/mol. The number of hydrogen-bond donors (Lipinski definition) is 0. The summed E-state index contributed by atoms with van der Waals surface area (Å²) in [6.07, 6.45) is -0.122. The predicted molar refractivity (Wildman–Crippen MR) is 102 cm³/mol. The zero-order valence-electron chi connectivity index (χ0n) is 14.8. The third-order valence-electron chi connectivity index (χ3n) is 4.05. The molecule has 0 heterocycles. The summed E-state index contributed by atoms with van der Waals surface area (Å²) in [4.78, 5) is 24.5. The average Bonchev–Trinajstić information content (AvgIpc) is 2.74. The second kappa shape index (κ2) is 9.34. The Morgan fingerprint density at radius 3 is 1.70 bits per heavy atom. The van der Waals surface area contributed by atoms with Crippen molar-refractivity contribution in [3.8, 4) is 0 Å². The van der Waals surface area contributed by atoms with E-state index in [9.17, 15) is 9.59 Å². The molecule has 3 rings (SSSR count). The first-order valence-corrected chi connectivity index (χ1v) is 8.77. The van der Waals surface area contributed by atoms with Crippen molar-refractivity contribution >= 4 is 11.9 Å². The Balaban J connectivity index is 1.64. The van der Waals surface area contributed by atoms with Crippen LogP contribution in [0.1, 0.15) is 38.8 Å². The first-order valence-electron chi connectivity index (χ1n) is 8.77. The molecule has 0 fully saturated rings. The van der Waals surface area contributed by atoms with Crippen LogP contribution < -0.4 is 0 Å². The number of ether oxygens (including phenoxy) is 2. The molecule has 27 heavy (non-hydrogen) atoms. The summed E-state index contributed by atoms with van der Waals surface area (Å²) in [5.41, 5.74) is 1.84. The summed E-state index contributed by atoms with van der Waals surface area (Å²) < 4.78 is 11.0. The number of carbonyl (C=O) groups is 2. The smallest absolute Gasteiger partial charge is 0.338 e. The van der Waals surface area contributed by atoms with Crippen LogP contribution in [-0.2, 0) is 9.47 Å². The molecule has 0 aliphatic rings. The van der Waals surface area contributed by atoms with Crippen LogP contribution >= 0.6 is 0 Å². The molecule has 0 amide bonds. The van der Waals surface area contributed by atoms with Gasteiger partial charge in [0.05, 0.1) is 17.7 Å². The maximum atomic E-state index is 12.4. The molecular formula is C23H20O4. The Bertz CT molecular complexity index is 861. The van der Waals surface area contributed by atoms with Crippen molar-refractivity contribution in [2.24, 2.45) is 0 Å². The first kappa shape index (κ1) is 18.4. The molecule has 0 N–H and O–H groups in total. The highest BCUT2D eigenvalue weighted by atomic mass is 16.6. The monoisotopic (exact) mass is 360 g/mol. The summed E-state index contributed by atoms with van der Waals surface area (Å²) in [7, 11) is 0. The molecule has 1 atom stereocenters. The quantitative estimate of drug-likeness (QED) is 0.566. The van der Waals surface area contributed by atoms with Gasteiger partial charge in [0.1, 0.15) is 6.10 Å². The highest BCUT2D eigenvalue weighted by Gasteiger charge is 2.19. The molecule has 0 saturated carbocycles. The molecule has 3 aromatic rings. The lowest BCUT2D eigenvalue weighted by atomic mass is 10.1. The van der Waals surface area contributed by atoms with Crippen molar-refractivity contribution in [3.63, 3.8) is 0 Å². The summed E-state index contributed by atoms with van der Waals surface area (Å²) >= 11 is 0. The van der Waals surface area contributed by atoms with Gasteiger partial charge in [-0.3, -0.25) is 0 Å². The van der Waals surface area contributed by atoms with Crippen molar-refractivity contribution in [3.05, 3.63) is 108 Å². The zero-order chi connectivity index (χ0) is 18.9. The second-order valence-corrected chi connectivity index (χ2v) is 5.96. The summed E-state index contributed by atoms with van der Waals surface area (Å²) in [5.74, 6) is -0.796. The van der Waals surface area contributed by atoms with Crippen LogP contribution in [0.5, 0.6) is 0 Å². The molecule has 0 unspecified atom stereocenters. The van der Waals surface area contributed by atoms with Crippen LogP contribution in [0.4, 0.5) is 0 Å². The fourth-order valence-electron chi connectivity index (χ4n) is 2.65. The second-order valence-electron chi connectivity index (χ2n) is 5.96. The van der Waals surface area contributed by atoms with E-state index in [-0.39, 0.29) is 6.61 Å². The standard InChI is InChI=1S/C23H20O4/c24-22(19-12-6-2-7-13-19)26-17-16-21(18-10-4-1-5-11-18)27-23(25)20-14-8-3-9-15-20/h1-15,21H,16-17H2/t21-/m0/s1. The molecule has 0 aliphatic carbocycles. The van der Waals surface area contributed by atoms with E-state index in [1.807, 2.05) is 42.5 Å². The SMILES string of the molecule is O=C(OCC[C@H](OC(=O)c1ccccc1)c1ccccc1)c1ccccc1. The van der Waals surface area contributed by atoms with E-state index in [2.05, 4.69) is 0 Å². The Kier molecular flexibility index (Phi) is 6.36. The number of hydrogen-bond acceptors (Lipinski definition) is 4. The van der Waals surface area contributed by atoms with E-state index in [0.29, 0.717) is 17.5 Å². The predicted octanol–water partition coefficient (Wildman–Crippen LogP) is 4.83. The molecule has 3 aromatic carbocycles. The molecule has 0 saturated heterocycles. The van der Waals surface area contributed by atoms with Crippen LogP contribution in [-0.4, -0.2) is 18.5 Å². The van der Waals surface area contributed by atoms with Gasteiger partial charge in [-0.1, -0.05) is 66.7 Å². The molecule has 0 spiro atoms. The molecule has 4 nitrogen and oxygen atoms in total. The minimum atomic E-state index is -0.498. The van der Waals surface area contributed by atoms with E-state index in [1.54, 1.807) is 48.5 Å². The van der Waals surface area contributed by atoms with Gasteiger partial charge in [0, 0.05) is 6.42 Å². The first-order chi connectivity index (χ1) is 13.2. The van der Waals surface area contributed by atoms with E-state index in [0.717, 1.165) is 5.56 Å². The Hall–Kier alpha value is -3.40. The van der Waals surface area contributed by atoms with Crippen molar-refractivity contribution < 1.29 is 19.1 Å². The topological polar surface area (TPSA) is 52.6 Å². The van der Waals surface area contributed by atoms with Gasteiger partial charge in [-0.2, -0.15) is 0 Å². The molecule has 0 bridgehead atoms. The normalized spacial score (nSPS) is 11.4. The number of carbonyl (C=O) groups excluding carboxylic acids is 2. The molecule has 0 aromatic heterocycles. The summed E-state index contributed by atoms with van der Waals surface area (Å²) in [6.45, 7) is 0.148. The van der Waals surface area contributed by atoms with Crippen molar-refractivity contribution in [2.45, 2.75) is 12.5 Å². The van der Waals surface area contributed by atoms with E-state index < -0.39 is 18.0 Å². The summed E-state index contributed by atoms with van der Waals surface area (Å²) in [6, 6.07) is 27.1. The third kappa shape index (κ3) is 5.28. The van der Waals surface area contributed by atoms with E-state index in [4.69, 9.17) is 9.47 Å². The van der Waals surface area contributed by atoms with Gasteiger partial charge < -0.3 is 9.47 Å². The highest BCUT2D eigenvalue weighted by Crippen LogP contribution is 2.23. The largest absolute Gasteiger partial charge is 0.462 e. The summed E-state index contributed by atoms with van der Waals surface area (Å²) in [5, 5.41) is 0. The number of benzene rings is 3. The minimum absolute atomic E-state index is 0.148. The van der Waals surface area contributed by atoms with E-state index >= 15 is 0 Å². The lowest BCUT2D eigenvalue weighted by molar-refractivity contribution is 0.0179. The Morgan fingerprint density at radius 1 is 0.667 bits per heavy atom. The Morgan fingerprint density at radius 2 is 1.15 bits per heavy atom. The van der Waals surface area contributed by atoms with Crippen LogP contribution in [0.2, 0.25) is 0 Å². The van der Waals surface area contributed by atoms with E-state index in [1.165, 1.54) is 0 Å². The van der Waals surface area contributed by atoms with Gasteiger partial charge in [0.2, 0.25) is 0 Å². The lowest BCUT2D eigenvalue weighted by Crippen LogP contribution is -2.15. The molecular weight excluding hydrogens is 340 g/mol. The van der Waals surface area contributed by atoms with Crippen LogP contribution in [0, 0.1) is 0 Å². The maximum absolute atomic E-state index is 12.4. The molecule has 4 heteroatoms. The van der Waals surface area contributed by atoms with Gasteiger partial charge in [0.25, 0.3) is 0 Å². The fraction of sp³-hybridized carbons (Fsp3) is 0.130. The zero-order valence-corrected chi connectivity index (χ0v) is 14.8. The van der Waals surface area contributed by atoms with Crippen molar-refractivity contribution in [1.82, 2.24) is 0 Å². The van der Waals surface area contributed by atoms with Crippen LogP contribution in [0.25, 0.3) is 0 Å². The minimum Gasteiger partial charge on any atom is -0.462 e. The molecule has 0 aliphatic heterocycles. The highest BCUT2D eigenvalue weighted by molar-refractivity contribution is 5.90. The van der Waals surface area contributed by atoms with Crippen LogP contribution in [0.15, 0.2) is 91.0 Å². The van der Waals surface area contributed by atoms with Crippen molar-refractivity contribution in [2.75, 3.05) is 6.61 Å². The fourth-order valence-corrected chi connectivity index (χ4v) is 2.65. The number of rotatable bonds is 7. The van der Waals surface area contributed by atoms with Crippen molar-refractivity contribution in [1.29, 1.82) is 0 Å². The Labute approximate surface area is 158 Å². The molecule has 136 valence electrons. The third-order valence-corrected chi connectivity index (χ3v) is 4.05. The van der Waals surface area contributed by atoms with Gasteiger partial charge >= 0.3 is 11.9 Å². The number of esters is 2. The van der Waals surface area contributed by atoms with Gasteiger partial charge in [-0.15, -0.1) is 0 Å². The maximum Gasteiger partial charge on any atom is 0.338 e. The van der Waals surface area contributed by atoms with Gasteiger partial charge in [0.15, 0.2) is 0 Å².